The second-order valence-corrected chi connectivity index (χ2v) is 19.7. The number of cyclic esters (lactones) is 1. The first-order valence-corrected chi connectivity index (χ1v) is 24.9. The number of nitrogens with one attached hydrogen (secondary N) is 1. The number of aliphatic hydroxyl groups excluding tert-OH is 11. The van der Waals surface area contributed by atoms with Crippen molar-refractivity contribution in [3.8, 4) is 0 Å². The summed E-state index contributed by atoms with van der Waals surface area (Å²) in [5.74, 6) is -3.80. The highest BCUT2D eigenvalue weighted by Crippen LogP contribution is 2.36. The Morgan fingerprint density at radius 1 is 0.653 bits per heavy atom. The van der Waals surface area contributed by atoms with Crippen molar-refractivity contribution < 1.29 is 89.8 Å². The maximum absolute atomic E-state index is 13.5. The van der Waals surface area contributed by atoms with E-state index in [9.17, 15) is 70.9 Å². The standard InChI is InChI=1S/C51H81N3O18/c1-29-17-15-13-11-9-7-5-6-8-10-12-14-16-18-36(71-49-48(66)44(52)47(65)32(4)70-49)24-42-45(53-50(67)54-27-40(61)41(62)28-54)39(60)26-51(68,72-42)25-35(57)22-38(59)37(58)20-19-33(55)21-34(56)23-43(63)69-31(3)30(2)46(29)64/h5-18,29-42,44-49,55-62,64-66,68H,19-28,52H2,1-4H3,(H,53,67)/b6-5+,9-7+,10-8+,13-11+,14-12+,17-15+,18-16+/t29-,30-,31-,32+,33+,34+,35-,36-,37+,38+,39-,40+,41+,42-,44-,45+,46+,47+,48-,49-,51+/m0/s1. The van der Waals surface area contributed by atoms with Gasteiger partial charge in [0.15, 0.2) is 12.1 Å². The van der Waals surface area contributed by atoms with Gasteiger partial charge in [0.2, 0.25) is 0 Å². The summed E-state index contributed by atoms with van der Waals surface area (Å²) in [5, 5.41) is 133. The summed E-state index contributed by atoms with van der Waals surface area (Å²) in [6, 6.07) is -3.22. The van der Waals surface area contributed by atoms with Crippen LogP contribution < -0.4 is 11.1 Å². The van der Waals surface area contributed by atoms with Gasteiger partial charge in [-0.05, 0) is 33.1 Å². The Labute approximate surface area is 421 Å². The highest BCUT2D eigenvalue weighted by Gasteiger charge is 2.50. The van der Waals surface area contributed by atoms with E-state index < -0.39 is 159 Å². The number of carbonyl (C=O) groups is 2. The fourth-order valence-corrected chi connectivity index (χ4v) is 9.00. The Morgan fingerprint density at radius 3 is 1.82 bits per heavy atom. The predicted octanol–water partition coefficient (Wildman–Crippen LogP) is -0.873. The van der Waals surface area contributed by atoms with Crippen LogP contribution in [0.2, 0.25) is 0 Å². The molecule has 2 bridgehead atoms. The van der Waals surface area contributed by atoms with Gasteiger partial charge in [-0.3, -0.25) is 4.79 Å². The van der Waals surface area contributed by atoms with Crippen LogP contribution in [0.5, 0.6) is 0 Å². The first-order valence-electron chi connectivity index (χ1n) is 24.9. The molecule has 3 fully saturated rings. The average Bonchev–Trinajstić information content (AvgIpc) is 3.65. The van der Waals surface area contributed by atoms with E-state index in [0.717, 1.165) is 4.90 Å². The maximum atomic E-state index is 13.5. The molecule has 21 atom stereocenters. The quantitative estimate of drug-likeness (QED) is 0.153. The number of rotatable bonds is 3. The molecule has 15 N–H and O–H groups in total. The van der Waals surface area contributed by atoms with E-state index in [0.29, 0.717) is 0 Å². The molecule has 0 aromatic heterocycles. The van der Waals surface area contributed by atoms with Crippen molar-refractivity contribution >= 4 is 12.0 Å². The van der Waals surface area contributed by atoms with Crippen molar-refractivity contribution in [2.24, 2.45) is 17.6 Å². The highest BCUT2D eigenvalue weighted by molar-refractivity contribution is 5.75. The van der Waals surface area contributed by atoms with Crippen LogP contribution >= 0.6 is 0 Å². The zero-order valence-corrected chi connectivity index (χ0v) is 41.5. The van der Waals surface area contributed by atoms with Crippen molar-refractivity contribution in [3.05, 3.63) is 85.1 Å². The average molecular weight is 1020 g/mol. The molecule has 0 aliphatic carbocycles. The molecule has 3 saturated heterocycles. The topological polar surface area (TPSA) is 355 Å². The lowest BCUT2D eigenvalue weighted by Crippen LogP contribution is -2.64. The fourth-order valence-electron chi connectivity index (χ4n) is 9.00. The van der Waals surface area contributed by atoms with Gasteiger partial charge in [-0.1, -0.05) is 98.9 Å². The Morgan fingerprint density at radius 2 is 1.22 bits per heavy atom. The lowest BCUT2D eigenvalue weighted by Gasteiger charge is -2.47. The predicted molar refractivity (Wildman–Crippen MR) is 262 cm³/mol. The second kappa shape index (κ2) is 29.4. The minimum absolute atomic E-state index is 0.115. The molecule has 408 valence electrons. The molecule has 0 spiro atoms. The number of hydrogen-bond acceptors (Lipinski definition) is 19. The Bertz CT molecular complexity index is 1870. The maximum Gasteiger partial charge on any atom is 0.317 e. The van der Waals surface area contributed by atoms with Gasteiger partial charge in [0, 0.05) is 37.5 Å². The molecule has 72 heavy (non-hydrogen) atoms. The number of carbonyl (C=O) groups excluding carboxylic acids is 2. The molecule has 0 radical (unpaired) electrons. The number of amides is 2. The van der Waals surface area contributed by atoms with E-state index >= 15 is 0 Å². The monoisotopic (exact) mass is 1020 g/mol. The lowest BCUT2D eigenvalue weighted by molar-refractivity contribution is -0.303. The molecule has 0 aromatic rings. The number of allylic oxidation sites excluding steroid dienone is 12. The van der Waals surface area contributed by atoms with Crippen molar-refractivity contribution in [2.45, 2.75) is 195 Å². The Hall–Kier alpha value is -3.72. The van der Waals surface area contributed by atoms with Gasteiger partial charge >= 0.3 is 12.0 Å². The van der Waals surface area contributed by atoms with E-state index in [1.807, 2.05) is 25.2 Å². The highest BCUT2D eigenvalue weighted by atomic mass is 16.7. The van der Waals surface area contributed by atoms with Gasteiger partial charge in [0.25, 0.3) is 0 Å². The van der Waals surface area contributed by atoms with Crippen molar-refractivity contribution in [1.29, 1.82) is 0 Å². The zero-order chi connectivity index (χ0) is 53.3. The van der Waals surface area contributed by atoms with Gasteiger partial charge < -0.3 is 96.2 Å². The molecule has 4 heterocycles. The number of hydrogen-bond donors (Lipinski definition) is 14. The number of likely N-dealkylation sites (tertiary alicyclic amines) is 1. The Kier molecular flexibility index (Phi) is 24.8. The van der Waals surface area contributed by atoms with Crippen LogP contribution in [0.4, 0.5) is 4.79 Å². The minimum Gasteiger partial charge on any atom is -0.462 e. The molecule has 0 unspecified atom stereocenters. The first kappa shape index (κ1) is 60.8. The van der Waals surface area contributed by atoms with Gasteiger partial charge in [-0.2, -0.15) is 0 Å². The molecule has 4 aliphatic heterocycles. The van der Waals surface area contributed by atoms with E-state index in [2.05, 4.69) is 5.32 Å². The van der Waals surface area contributed by atoms with Crippen LogP contribution in [0.15, 0.2) is 85.1 Å². The largest absolute Gasteiger partial charge is 0.462 e. The van der Waals surface area contributed by atoms with E-state index in [1.165, 1.54) is 0 Å². The number of fused-ring (bicyclic) bond motifs is 2. The summed E-state index contributed by atoms with van der Waals surface area (Å²) in [6.45, 7) is 6.32. The molecular formula is C51H81N3O18. The zero-order valence-electron chi connectivity index (χ0n) is 41.5. The molecule has 2 amide bonds. The normalized spacial score (nSPS) is 45.4. The number of urea groups is 1. The number of nitrogens with two attached hydrogens (primary N) is 1. The van der Waals surface area contributed by atoms with Crippen LogP contribution in [0.25, 0.3) is 0 Å². The SMILES string of the molecule is C[C@@H]1[C@H](O)[C@@H](C)/C=C/C=C/C=C/C=C/C=C/C=C/C=C/[C@H](O[C@@H]2O[C@H](C)[C@@H](O)[C@H](N)[C@@H]2O)C[C@@H]2O[C@](O)(C[C@@H](O)C[C@@H](O)[C@H](O)CC[C@@H](O)C[C@@H](O)CC(=O)O[C@H]1C)C[C@H](O)[C@H]2NC(=O)N1C[C@@H](O)[C@H](O)C1. The lowest BCUT2D eigenvalue weighted by atomic mass is 9.87. The van der Waals surface area contributed by atoms with E-state index in [-0.39, 0.29) is 44.7 Å². The summed E-state index contributed by atoms with van der Waals surface area (Å²) in [7, 11) is 0. The molecule has 4 rings (SSSR count). The molecule has 4 aliphatic rings. The third-order valence-corrected chi connectivity index (χ3v) is 13.6. The van der Waals surface area contributed by atoms with Crippen molar-refractivity contribution in [1.82, 2.24) is 10.2 Å². The van der Waals surface area contributed by atoms with E-state index in [1.54, 1.807) is 87.6 Å². The molecule has 0 saturated carbocycles. The van der Waals surface area contributed by atoms with Gasteiger partial charge in [-0.15, -0.1) is 0 Å². The van der Waals surface area contributed by atoms with Gasteiger partial charge in [-0.25, -0.2) is 4.79 Å². The van der Waals surface area contributed by atoms with Crippen LogP contribution in [0.3, 0.4) is 0 Å². The van der Waals surface area contributed by atoms with Crippen molar-refractivity contribution in [3.63, 3.8) is 0 Å². The van der Waals surface area contributed by atoms with Crippen molar-refractivity contribution in [2.75, 3.05) is 13.1 Å². The van der Waals surface area contributed by atoms with Gasteiger partial charge in [0.1, 0.15) is 12.2 Å². The number of β-amino-alcohol motifs (C(OH)–C–C–N with tert-alkyl or cyclic N) is 2. The first-order chi connectivity index (χ1) is 34.0. The van der Waals surface area contributed by atoms with Crippen LogP contribution in [0, 0.1) is 11.8 Å². The summed E-state index contributed by atoms with van der Waals surface area (Å²) in [6.07, 6.45) is 1.45. The Balaban J connectivity index is 1.60. The molecule has 0 aromatic carbocycles. The smallest absolute Gasteiger partial charge is 0.317 e. The summed E-state index contributed by atoms with van der Waals surface area (Å²) in [4.78, 5) is 27.3. The third-order valence-electron chi connectivity index (χ3n) is 13.6. The van der Waals surface area contributed by atoms with Crippen LogP contribution in [0.1, 0.15) is 79.1 Å². The summed E-state index contributed by atoms with van der Waals surface area (Å²) < 4.78 is 23.7. The fraction of sp³-hybridized carbons (Fsp3) is 0.686. The number of ether oxygens (including phenoxy) is 4. The van der Waals surface area contributed by atoms with Crippen LogP contribution in [-0.4, -0.2) is 207 Å². The molecule has 21 nitrogen and oxygen atoms in total. The number of aliphatic hydroxyl groups is 12. The van der Waals surface area contributed by atoms with Gasteiger partial charge in [0.05, 0.1) is 111 Å². The summed E-state index contributed by atoms with van der Waals surface area (Å²) >= 11 is 0. The van der Waals surface area contributed by atoms with Crippen LogP contribution in [-0.2, 0) is 23.7 Å². The number of esters is 1. The number of nitrogens with zero attached hydrogens (tertiary/aromatic N) is 1. The molecular weight excluding hydrogens is 943 g/mol. The minimum atomic E-state index is -2.32. The summed E-state index contributed by atoms with van der Waals surface area (Å²) in [5.41, 5.74) is 6.10. The molecule has 21 heteroatoms. The third kappa shape index (κ3) is 19.2. The second-order valence-electron chi connectivity index (χ2n) is 19.7. The van der Waals surface area contributed by atoms with E-state index in [4.69, 9.17) is 24.7 Å².